The van der Waals surface area contributed by atoms with E-state index in [1.54, 1.807) is 0 Å². The van der Waals surface area contributed by atoms with Crippen LogP contribution in [0.5, 0.6) is 0 Å². The molecule has 0 aliphatic rings. The molecule has 6 heteroatoms. The standard InChI is InChI=1S/C12H15NO4S/c1-3-7-13-18(16,17)10-6-5-9(4-2)11(8-10)12(14)15/h3,5-6,8,13H,1,4,7H2,2H3,(H,14,15). The highest BCUT2D eigenvalue weighted by atomic mass is 32.2. The van der Waals surface area contributed by atoms with Gasteiger partial charge in [0.2, 0.25) is 10.0 Å². The van der Waals surface area contributed by atoms with Crippen LogP contribution in [0.25, 0.3) is 0 Å². The monoisotopic (exact) mass is 269 g/mol. The zero-order valence-electron chi connectivity index (χ0n) is 10.0. The van der Waals surface area contributed by atoms with Gasteiger partial charge >= 0.3 is 5.97 Å². The molecule has 0 atom stereocenters. The van der Waals surface area contributed by atoms with Gasteiger partial charge in [0.15, 0.2) is 0 Å². The number of hydrogen-bond donors (Lipinski definition) is 2. The zero-order valence-corrected chi connectivity index (χ0v) is 10.8. The normalized spacial score (nSPS) is 11.2. The summed E-state index contributed by atoms with van der Waals surface area (Å²) in [6.07, 6.45) is 1.94. The third kappa shape index (κ3) is 3.18. The molecule has 1 rings (SSSR count). The lowest BCUT2D eigenvalue weighted by Gasteiger charge is -2.08. The SMILES string of the molecule is C=CCNS(=O)(=O)c1ccc(CC)c(C(=O)O)c1. The minimum atomic E-state index is -3.69. The summed E-state index contributed by atoms with van der Waals surface area (Å²) in [5.41, 5.74) is 0.615. The van der Waals surface area contributed by atoms with Crippen molar-refractivity contribution in [2.45, 2.75) is 18.2 Å². The van der Waals surface area contributed by atoms with Crippen LogP contribution in [0.1, 0.15) is 22.8 Å². The van der Waals surface area contributed by atoms with Gasteiger partial charge in [-0.25, -0.2) is 17.9 Å². The molecule has 98 valence electrons. The first kappa shape index (κ1) is 14.4. The molecule has 0 heterocycles. The van der Waals surface area contributed by atoms with E-state index in [0.717, 1.165) is 0 Å². The van der Waals surface area contributed by atoms with Gasteiger partial charge < -0.3 is 5.11 Å². The van der Waals surface area contributed by atoms with Crippen molar-refractivity contribution in [3.05, 3.63) is 42.0 Å². The Morgan fingerprint density at radius 1 is 1.50 bits per heavy atom. The molecule has 0 aromatic heterocycles. The second-order valence-electron chi connectivity index (χ2n) is 3.62. The summed E-state index contributed by atoms with van der Waals surface area (Å²) in [6, 6.07) is 4.09. The van der Waals surface area contributed by atoms with E-state index in [2.05, 4.69) is 11.3 Å². The number of nitrogens with one attached hydrogen (secondary N) is 1. The molecule has 0 saturated heterocycles. The second kappa shape index (κ2) is 5.79. The first-order valence-corrected chi connectivity index (χ1v) is 6.87. The fourth-order valence-corrected chi connectivity index (χ4v) is 2.51. The van der Waals surface area contributed by atoms with Gasteiger partial charge in [0.05, 0.1) is 10.5 Å². The largest absolute Gasteiger partial charge is 0.478 e. The first-order chi connectivity index (χ1) is 8.42. The quantitative estimate of drug-likeness (QED) is 0.765. The molecule has 0 amide bonds. The predicted octanol–water partition coefficient (Wildman–Crippen LogP) is 1.41. The number of aromatic carboxylic acids is 1. The van der Waals surface area contributed by atoms with E-state index in [1.165, 1.54) is 24.3 Å². The van der Waals surface area contributed by atoms with Crippen LogP contribution in [0.4, 0.5) is 0 Å². The van der Waals surface area contributed by atoms with Crippen molar-refractivity contribution in [1.82, 2.24) is 4.72 Å². The van der Waals surface area contributed by atoms with Gasteiger partial charge in [-0.3, -0.25) is 0 Å². The van der Waals surface area contributed by atoms with Crippen molar-refractivity contribution in [2.24, 2.45) is 0 Å². The van der Waals surface area contributed by atoms with Crippen molar-refractivity contribution in [1.29, 1.82) is 0 Å². The Hall–Kier alpha value is -1.66. The maximum atomic E-state index is 11.8. The summed E-state index contributed by atoms with van der Waals surface area (Å²) in [7, 11) is -3.69. The number of hydrogen-bond acceptors (Lipinski definition) is 3. The summed E-state index contributed by atoms with van der Waals surface area (Å²) in [5, 5.41) is 9.03. The van der Waals surface area contributed by atoms with Gasteiger partial charge in [-0.2, -0.15) is 0 Å². The average Bonchev–Trinajstić information content (AvgIpc) is 2.35. The van der Waals surface area contributed by atoms with Crippen LogP contribution in [0.15, 0.2) is 35.7 Å². The lowest BCUT2D eigenvalue weighted by molar-refractivity contribution is 0.0695. The highest BCUT2D eigenvalue weighted by molar-refractivity contribution is 7.89. The van der Waals surface area contributed by atoms with Crippen molar-refractivity contribution in [2.75, 3.05) is 6.54 Å². The topological polar surface area (TPSA) is 83.5 Å². The van der Waals surface area contributed by atoms with Crippen molar-refractivity contribution in [3.8, 4) is 0 Å². The molecule has 0 unspecified atom stereocenters. The number of sulfonamides is 1. The van der Waals surface area contributed by atoms with Gasteiger partial charge in [0.25, 0.3) is 0 Å². The van der Waals surface area contributed by atoms with E-state index in [9.17, 15) is 13.2 Å². The van der Waals surface area contributed by atoms with Crippen LogP contribution >= 0.6 is 0 Å². The second-order valence-corrected chi connectivity index (χ2v) is 5.39. The fraction of sp³-hybridized carbons (Fsp3) is 0.250. The summed E-state index contributed by atoms with van der Waals surface area (Å²) in [4.78, 5) is 11.0. The minimum Gasteiger partial charge on any atom is -0.478 e. The summed E-state index contributed by atoms with van der Waals surface area (Å²) in [5.74, 6) is -1.13. The molecule has 5 nitrogen and oxygen atoms in total. The average molecular weight is 269 g/mol. The number of carboxylic acids is 1. The van der Waals surface area contributed by atoms with Crippen LogP contribution in [0, 0.1) is 0 Å². The Morgan fingerprint density at radius 2 is 2.17 bits per heavy atom. The molecule has 0 aliphatic heterocycles. The third-order valence-corrected chi connectivity index (χ3v) is 3.84. The van der Waals surface area contributed by atoms with E-state index in [1.807, 2.05) is 6.92 Å². The molecule has 2 N–H and O–H groups in total. The van der Waals surface area contributed by atoms with Crippen LogP contribution < -0.4 is 4.72 Å². The van der Waals surface area contributed by atoms with Gasteiger partial charge in [0.1, 0.15) is 0 Å². The Morgan fingerprint density at radius 3 is 2.67 bits per heavy atom. The molecule has 0 aliphatic carbocycles. The molecular formula is C12H15NO4S. The van der Waals surface area contributed by atoms with Gasteiger partial charge in [-0.05, 0) is 24.1 Å². The zero-order chi connectivity index (χ0) is 13.8. The van der Waals surface area contributed by atoms with Crippen LogP contribution in [0.2, 0.25) is 0 Å². The van der Waals surface area contributed by atoms with Crippen LogP contribution in [-0.2, 0) is 16.4 Å². The molecule has 1 aromatic rings. The van der Waals surface area contributed by atoms with Crippen molar-refractivity contribution >= 4 is 16.0 Å². The third-order valence-electron chi connectivity index (χ3n) is 2.42. The molecule has 18 heavy (non-hydrogen) atoms. The Balaban J connectivity index is 3.23. The lowest BCUT2D eigenvalue weighted by Crippen LogP contribution is -2.24. The predicted molar refractivity (Wildman–Crippen MR) is 68.2 cm³/mol. The van der Waals surface area contributed by atoms with Gasteiger partial charge in [-0.15, -0.1) is 6.58 Å². The summed E-state index contributed by atoms with van der Waals surface area (Å²) >= 11 is 0. The van der Waals surface area contributed by atoms with Crippen molar-refractivity contribution in [3.63, 3.8) is 0 Å². The van der Waals surface area contributed by atoms with E-state index in [0.29, 0.717) is 12.0 Å². The lowest BCUT2D eigenvalue weighted by atomic mass is 10.1. The number of aryl methyl sites for hydroxylation is 1. The molecule has 0 saturated carbocycles. The maximum Gasteiger partial charge on any atom is 0.336 e. The molecule has 0 spiro atoms. The molecule has 0 bridgehead atoms. The fourth-order valence-electron chi connectivity index (χ4n) is 1.48. The molecule has 1 aromatic carbocycles. The van der Waals surface area contributed by atoms with Crippen LogP contribution in [-0.4, -0.2) is 26.0 Å². The summed E-state index contributed by atoms with van der Waals surface area (Å²) in [6.45, 7) is 5.32. The molecular weight excluding hydrogens is 254 g/mol. The first-order valence-electron chi connectivity index (χ1n) is 5.39. The molecule has 0 radical (unpaired) electrons. The highest BCUT2D eigenvalue weighted by Gasteiger charge is 2.17. The van der Waals surface area contributed by atoms with Gasteiger partial charge in [0, 0.05) is 6.54 Å². The highest BCUT2D eigenvalue weighted by Crippen LogP contribution is 2.16. The number of carboxylic acid groups (broad SMARTS) is 1. The van der Waals surface area contributed by atoms with Crippen LogP contribution in [0.3, 0.4) is 0 Å². The van der Waals surface area contributed by atoms with Gasteiger partial charge in [-0.1, -0.05) is 19.1 Å². The number of carbonyl (C=O) groups is 1. The smallest absolute Gasteiger partial charge is 0.336 e. The Bertz CT molecular complexity index is 563. The van der Waals surface area contributed by atoms with E-state index in [4.69, 9.17) is 5.11 Å². The van der Waals surface area contributed by atoms with Crippen molar-refractivity contribution < 1.29 is 18.3 Å². The number of benzene rings is 1. The maximum absolute atomic E-state index is 11.8. The number of rotatable bonds is 6. The summed E-state index contributed by atoms with van der Waals surface area (Å²) < 4.78 is 25.9. The Kier molecular flexibility index (Phi) is 4.63. The molecule has 0 fully saturated rings. The Labute approximate surface area is 106 Å². The minimum absolute atomic E-state index is 0.0129. The van der Waals surface area contributed by atoms with E-state index >= 15 is 0 Å². The van der Waals surface area contributed by atoms with E-state index < -0.39 is 16.0 Å². The van der Waals surface area contributed by atoms with E-state index in [-0.39, 0.29) is 17.0 Å².